The second kappa shape index (κ2) is 11.6. The number of hydrogen-bond donors (Lipinski definition) is 1. The lowest BCUT2D eigenvalue weighted by Crippen LogP contribution is -2.53. The zero-order valence-electron chi connectivity index (χ0n) is 19.7. The number of ether oxygens (including phenoxy) is 1. The van der Waals surface area contributed by atoms with Gasteiger partial charge in [0.25, 0.3) is 0 Å². The molecule has 1 aromatic carbocycles. The van der Waals surface area contributed by atoms with E-state index < -0.39 is 11.7 Å². The number of urea groups is 1. The van der Waals surface area contributed by atoms with E-state index in [-0.39, 0.29) is 6.03 Å². The van der Waals surface area contributed by atoms with Gasteiger partial charge in [0, 0.05) is 77.7 Å². The van der Waals surface area contributed by atoms with Crippen LogP contribution in [0.4, 0.5) is 23.7 Å². The molecule has 34 heavy (non-hydrogen) atoms. The number of rotatable bonds is 7. The van der Waals surface area contributed by atoms with Gasteiger partial charge in [0.2, 0.25) is 0 Å². The van der Waals surface area contributed by atoms with Crippen molar-refractivity contribution in [3.05, 3.63) is 29.8 Å². The number of benzene rings is 1. The first kappa shape index (κ1) is 25.1. The molecule has 10 heteroatoms. The summed E-state index contributed by atoms with van der Waals surface area (Å²) in [5.41, 5.74) is 0.0185. The first-order valence-electron chi connectivity index (χ1n) is 12.4. The Labute approximate surface area is 199 Å². The van der Waals surface area contributed by atoms with Gasteiger partial charge in [-0.15, -0.1) is 0 Å². The van der Waals surface area contributed by atoms with E-state index in [9.17, 15) is 18.0 Å². The van der Waals surface area contributed by atoms with Gasteiger partial charge in [-0.05, 0) is 44.0 Å². The van der Waals surface area contributed by atoms with Crippen molar-refractivity contribution in [1.29, 1.82) is 0 Å². The fraction of sp³-hybridized carbons (Fsp3) is 0.708. The highest BCUT2D eigenvalue weighted by Crippen LogP contribution is 2.31. The second-order valence-electron chi connectivity index (χ2n) is 9.38. The van der Waals surface area contributed by atoms with Gasteiger partial charge in [0.15, 0.2) is 0 Å². The summed E-state index contributed by atoms with van der Waals surface area (Å²) in [5.74, 6) is 0. The second-order valence-corrected chi connectivity index (χ2v) is 9.38. The molecule has 3 saturated heterocycles. The molecule has 1 aromatic rings. The van der Waals surface area contributed by atoms with Crippen LogP contribution in [0.3, 0.4) is 0 Å². The standard InChI is InChI=1S/C24H36F3N5O2/c25-24(26,27)20-4-1-5-21(18-20)31-13-9-29(10-14-31)8-3-7-28-23(33)32-15-11-30(12-16-32)19-22-6-2-17-34-22/h1,4-5,18,22H,2-3,6-17,19H2,(H,28,33)/t22-/m0/s1. The molecule has 0 bridgehead atoms. The molecule has 1 atom stereocenters. The Morgan fingerprint density at radius 2 is 1.76 bits per heavy atom. The van der Waals surface area contributed by atoms with Crippen LogP contribution in [0.25, 0.3) is 0 Å². The predicted molar refractivity (Wildman–Crippen MR) is 125 cm³/mol. The fourth-order valence-electron chi connectivity index (χ4n) is 4.93. The number of anilines is 1. The first-order valence-corrected chi connectivity index (χ1v) is 12.4. The Balaban J connectivity index is 1.09. The summed E-state index contributed by atoms with van der Waals surface area (Å²) < 4.78 is 44.6. The van der Waals surface area contributed by atoms with Crippen molar-refractivity contribution in [3.8, 4) is 0 Å². The van der Waals surface area contributed by atoms with Gasteiger partial charge in [-0.2, -0.15) is 13.2 Å². The van der Waals surface area contributed by atoms with Gasteiger partial charge >= 0.3 is 12.2 Å². The van der Waals surface area contributed by atoms with Crippen LogP contribution < -0.4 is 10.2 Å². The molecular formula is C24H36F3N5O2. The van der Waals surface area contributed by atoms with E-state index in [4.69, 9.17) is 4.74 Å². The van der Waals surface area contributed by atoms with E-state index in [1.54, 1.807) is 6.07 Å². The third-order valence-electron chi connectivity index (χ3n) is 6.98. The highest BCUT2D eigenvalue weighted by atomic mass is 19.4. The van der Waals surface area contributed by atoms with Crippen molar-refractivity contribution in [2.24, 2.45) is 0 Å². The third kappa shape index (κ3) is 6.99. The van der Waals surface area contributed by atoms with Crippen LogP contribution >= 0.6 is 0 Å². The van der Waals surface area contributed by atoms with E-state index in [2.05, 4.69) is 15.1 Å². The maximum absolute atomic E-state index is 13.0. The Morgan fingerprint density at radius 1 is 1.03 bits per heavy atom. The molecule has 0 aromatic heterocycles. The maximum Gasteiger partial charge on any atom is 0.416 e. The van der Waals surface area contributed by atoms with E-state index in [0.717, 1.165) is 84.3 Å². The van der Waals surface area contributed by atoms with Crippen LogP contribution in [0.2, 0.25) is 0 Å². The van der Waals surface area contributed by atoms with Gasteiger partial charge in [0.05, 0.1) is 11.7 Å². The number of carbonyl (C=O) groups is 1. The minimum atomic E-state index is -4.32. The molecule has 190 valence electrons. The topological polar surface area (TPSA) is 51.3 Å². The molecule has 0 radical (unpaired) electrons. The SMILES string of the molecule is O=C(NCCCN1CCN(c2cccc(C(F)(F)F)c2)CC1)N1CCN(C[C@@H]2CCCO2)CC1. The van der Waals surface area contributed by atoms with Crippen molar-refractivity contribution < 1.29 is 22.7 Å². The van der Waals surface area contributed by atoms with E-state index in [1.807, 2.05) is 9.80 Å². The number of amides is 2. The highest BCUT2D eigenvalue weighted by Gasteiger charge is 2.31. The van der Waals surface area contributed by atoms with Gasteiger partial charge in [-0.1, -0.05) is 6.07 Å². The zero-order chi connectivity index (χ0) is 24.0. The van der Waals surface area contributed by atoms with E-state index in [0.29, 0.717) is 31.4 Å². The fourth-order valence-corrected chi connectivity index (χ4v) is 4.93. The van der Waals surface area contributed by atoms with E-state index >= 15 is 0 Å². The van der Waals surface area contributed by atoms with Crippen LogP contribution in [-0.2, 0) is 10.9 Å². The molecule has 0 aliphatic carbocycles. The molecule has 0 unspecified atom stereocenters. The van der Waals surface area contributed by atoms with Gasteiger partial charge in [0.1, 0.15) is 0 Å². The van der Waals surface area contributed by atoms with Crippen molar-refractivity contribution >= 4 is 11.7 Å². The summed E-state index contributed by atoms with van der Waals surface area (Å²) in [6.45, 7) is 9.62. The lowest BCUT2D eigenvalue weighted by Gasteiger charge is -2.36. The average molecular weight is 484 g/mol. The molecule has 3 aliphatic rings. The zero-order valence-corrected chi connectivity index (χ0v) is 19.7. The van der Waals surface area contributed by atoms with Crippen molar-refractivity contribution in [1.82, 2.24) is 20.0 Å². The molecule has 3 heterocycles. The van der Waals surface area contributed by atoms with Gasteiger partial charge in [-0.25, -0.2) is 4.79 Å². The summed E-state index contributed by atoms with van der Waals surface area (Å²) in [7, 11) is 0. The van der Waals surface area contributed by atoms with Crippen LogP contribution in [0.15, 0.2) is 24.3 Å². The smallest absolute Gasteiger partial charge is 0.377 e. The molecule has 3 fully saturated rings. The molecule has 4 rings (SSSR count). The molecule has 0 saturated carbocycles. The molecule has 7 nitrogen and oxygen atoms in total. The average Bonchev–Trinajstić information content (AvgIpc) is 3.35. The Hall–Kier alpha value is -2.04. The maximum atomic E-state index is 13.0. The quantitative estimate of drug-likeness (QED) is 0.605. The number of nitrogens with one attached hydrogen (secondary N) is 1. The van der Waals surface area contributed by atoms with Crippen LogP contribution in [0.5, 0.6) is 0 Å². The number of piperazine rings is 2. The van der Waals surface area contributed by atoms with Crippen LogP contribution in [0.1, 0.15) is 24.8 Å². The monoisotopic (exact) mass is 483 g/mol. The largest absolute Gasteiger partial charge is 0.416 e. The Bertz CT molecular complexity index is 787. The Morgan fingerprint density at radius 3 is 2.44 bits per heavy atom. The van der Waals surface area contributed by atoms with Crippen molar-refractivity contribution in [2.75, 3.05) is 83.5 Å². The third-order valence-corrected chi connectivity index (χ3v) is 6.98. The molecule has 3 aliphatic heterocycles. The lowest BCUT2D eigenvalue weighted by molar-refractivity contribution is -0.137. The summed E-state index contributed by atoms with van der Waals surface area (Å²) >= 11 is 0. The minimum absolute atomic E-state index is 0.00568. The number of alkyl halides is 3. The first-order chi connectivity index (χ1) is 16.4. The predicted octanol–water partition coefficient (Wildman–Crippen LogP) is 2.72. The minimum Gasteiger partial charge on any atom is -0.377 e. The molecule has 2 amide bonds. The molecule has 0 spiro atoms. The Kier molecular flexibility index (Phi) is 8.55. The van der Waals surface area contributed by atoms with E-state index in [1.165, 1.54) is 12.1 Å². The lowest BCUT2D eigenvalue weighted by atomic mass is 10.1. The van der Waals surface area contributed by atoms with Crippen LogP contribution in [-0.4, -0.2) is 105 Å². The van der Waals surface area contributed by atoms with Gasteiger partial charge < -0.3 is 19.9 Å². The normalized spacial score (nSPS) is 22.9. The highest BCUT2D eigenvalue weighted by molar-refractivity contribution is 5.74. The molecular weight excluding hydrogens is 447 g/mol. The summed E-state index contributed by atoms with van der Waals surface area (Å²) in [4.78, 5) is 21.1. The number of halogens is 3. The summed E-state index contributed by atoms with van der Waals surface area (Å²) in [6.07, 6.45) is -0.819. The number of carbonyl (C=O) groups excluding carboxylic acids is 1. The molecule has 1 N–H and O–H groups in total. The van der Waals surface area contributed by atoms with Crippen molar-refractivity contribution in [3.63, 3.8) is 0 Å². The summed E-state index contributed by atoms with van der Waals surface area (Å²) in [5, 5.41) is 3.04. The van der Waals surface area contributed by atoms with Gasteiger partial charge in [-0.3, -0.25) is 9.80 Å². The summed E-state index contributed by atoms with van der Waals surface area (Å²) in [6, 6.07) is 5.55. The van der Waals surface area contributed by atoms with Crippen molar-refractivity contribution in [2.45, 2.75) is 31.5 Å². The number of hydrogen-bond acceptors (Lipinski definition) is 5. The number of nitrogens with zero attached hydrogens (tertiary/aromatic N) is 4. The van der Waals surface area contributed by atoms with Crippen LogP contribution in [0, 0.1) is 0 Å².